The SMILES string of the molecule is COc1cc(NC(=O)c2nn3cnnc3s2)cc(OC)c1OC. The Morgan fingerprint density at radius 3 is 2.43 bits per heavy atom. The molecule has 23 heavy (non-hydrogen) atoms. The van der Waals surface area contributed by atoms with Crippen LogP contribution in [0.2, 0.25) is 0 Å². The third-order valence-corrected chi connectivity index (χ3v) is 3.92. The number of hydrogen-bond donors (Lipinski definition) is 1. The van der Waals surface area contributed by atoms with Crippen LogP contribution in [-0.2, 0) is 0 Å². The molecular formula is C13H13N5O4S. The van der Waals surface area contributed by atoms with Crippen molar-refractivity contribution in [3.8, 4) is 17.2 Å². The Morgan fingerprint density at radius 1 is 1.17 bits per heavy atom. The molecule has 0 atom stereocenters. The number of anilines is 1. The highest BCUT2D eigenvalue weighted by atomic mass is 32.1. The van der Waals surface area contributed by atoms with Crippen molar-refractivity contribution in [2.24, 2.45) is 0 Å². The summed E-state index contributed by atoms with van der Waals surface area (Å²) >= 11 is 1.14. The number of carbonyl (C=O) groups is 1. The summed E-state index contributed by atoms with van der Waals surface area (Å²) < 4.78 is 17.2. The lowest BCUT2D eigenvalue weighted by Crippen LogP contribution is -2.12. The maximum Gasteiger partial charge on any atom is 0.286 e. The fourth-order valence-corrected chi connectivity index (χ4v) is 2.70. The van der Waals surface area contributed by atoms with Crippen LogP contribution < -0.4 is 19.5 Å². The first-order valence-electron chi connectivity index (χ1n) is 6.44. The highest BCUT2D eigenvalue weighted by Crippen LogP contribution is 2.40. The monoisotopic (exact) mass is 335 g/mol. The van der Waals surface area contributed by atoms with Gasteiger partial charge in [0.05, 0.1) is 21.3 Å². The molecule has 1 aromatic carbocycles. The number of hydrogen-bond acceptors (Lipinski definition) is 8. The Balaban J connectivity index is 1.89. The first kappa shape index (κ1) is 15.0. The first-order valence-corrected chi connectivity index (χ1v) is 7.26. The average Bonchev–Trinajstić information content (AvgIpc) is 3.15. The molecule has 0 unspecified atom stereocenters. The lowest BCUT2D eigenvalue weighted by atomic mass is 10.2. The molecule has 2 aromatic heterocycles. The summed E-state index contributed by atoms with van der Waals surface area (Å²) in [6, 6.07) is 3.28. The van der Waals surface area contributed by atoms with Crippen LogP contribution in [0.15, 0.2) is 18.5 Å². The number of benzene rings is 1. The predicted molar refractivity (Wildman–Crippen MR) is 82.7 cm³/mol. The van der Waals surface area contributed by atoms with E-state index in [4.69, 9.17) is 14.2 Å². The summed E-state index contributed by atoms with van der Waals surface area (Å²) in [5, 5.41) is 14.6. The number of ether oxygens (including phenoxy) is 3. The van der Waals surface area contributed by atoms with Gasteiger partial charge in [-0.1, -0.05) is 11.3 Å². The van der Waals surface area contributed by atoms with Gasteiger partial charge in [-0.2, -0.15) is 4.52 Å². The molecule has 0 spiro atoms. The van der Waals surface area contributed by atoms with Crippen molar-refractivity contribution in [1.29, 1.82) is 0 Å². The standard InChI is InChI=1S/C13H13N5O4S/c1-20-8-4-7(5-9(21-2)10(8)22-3)15-11(19)12-17-18-6-14-16-13(18)23-12/h4-6H,1-3H3,(H,15,19). The molecule has 1 amide bonds. The molecule has 0 aliphatic carbocycles. The molecule has 1 N–H and O–H groups in total. The van der Waals surface area contributed by atoms with E-state index in [9.17, 15) is 4.79 Å². The molecule has 0 radical (unpaired) electrons. The number of nitrogens with zero attached hydrogens (tertiary/aromatic N) is 4. The molecule has 120 valence electrons. The van der Waals surface area contributed by atoms with Gasteiger partial charge in [-0.3, -0.25) is 4.79 Å². The second kappa shape index (κ2) is 6.08. The van der Waals surface area contributed by atoms with E-state index < -0.39 is 0 Å². The van der Waals surface area contributed by atoms with E-state index in [-0.39, 0.29) is 10.9 Å². The molecule has 10 heteroatoms. The van der Waals surface area contributed by atoms with E-state index in [0.29, 0.717) is 27.9 Å². The van der Waals surface area contributed by atoms with Crippen LogP contribution in [0.5, 0.6) is 17.2 Å². The largest absolute Gasteiger partial charge is 0.493 e. The van der Waals surface area contributed by atoms with Gasteiger partial charge in [-0.25, -0.2) is 0 Å². The third-order valence-electron chi connectivity index (χ3n) is 3.00. The normalized spacial score (nSPS) is 10.6. The Bertz CT molecular complexity index is 806. The number of amides is 1. The van der Waals surface area contributed by atoms with Gasteiger partial charge in [0.1, 0.15) is 6.33 Å². The zero-order valence-electron chi connectivity index (χ0n) is 12.6. The number of nitrogens with one attached hydrogen (secondary N) is 1. The van der Waals surface area contributed by atoms with E-state index in [1.54, 1.807) is 12.1 Å². The Hall–Kier alpha value is -2.88. The second-order valence-electron chi connectivity index (χ2n) is 4.33. The van der Waals surface area contributed by atoms with Gasteiger partial charge in [0, 0.05) is 17.8 Å². The van der Waals surface area contributed by atoms with Crippen LogP contribution in [0.4, 0.5) is 5.69 Å². The fraction of sp³-hybridized carbons (Fsp3) is 0.231. The molecule has 9 nitrogen and oxygen atoms in total. The topological polar surface area (TPSA) is 99.9 Å². The number of rotatable bonds is 5. The van der Waals surface area contributed by atoms with Crippen molar-refractivity contribution in [3.05, 3.63) is 23.5 Å². The number of fused-ring (bicyclic) bond motifs is 1. The van der Waals surface area contributed by atoms with E-state index in [1.807, 2.05) is 0 Å². The highest BCUT2D eigenvalue weighted by Gasteiger charge is 2.17. The highest BCUT2D eigenvalue weighted by molar-refractivity contribution is 7.18. The molecular weight excluding hydrogens is 322 g/mol. The van der Waals surface area contributed by atoms with Gasteiger partial charge in [-0.05, 0) is 0 Å². The predicted octanol–water partition coefficient (Wildman–Crippen LogP) is 1.46. The van der Waals surface area contributed by atoms with Gasteiger partial charge in [0.2, 0.25) is 15.7 Å². The van der Waals surface area contributed by atoms with E-state index in [0.717, 1.165) is 11.3 Å². The fourth-order valence-electron chi connectivity index (χ4n) is 1.99. The van der Waals surface area contributed by atoms with Crippen molar-refractivity contribution in [1.82, 2.24) is 19.8 Å². The number of aromatic nitrogens is 4. The van der Waals surface area contributed by atoms with Gasteiger partial charge in [-0.15, -0.1) is 15.3 Å². The summed E-state index contributed by atoms with van der Waals surface area (Å²) in [5.74, 6) is 0.974. The van der Waals surface area contributed by atoms with E-state index >= 15 is 0 Å². The van der Waals surface area contributed by atoms with Crippen molar-refractivity contribution in [2.45, 2.75) is 0 Å². The van der Waals surface area contributed by atoms with E-state index in [2.05, 4.69) is 20.6 Å². The quantitative estimate of drug-likeness (QED) is 0.753. The molecule has 3 rings (SSSR count). The van der Waals surface area contributed by atoms with Gasteiger partial charge in [0.25, 0.3) is 5.91 Å². The number of methoxy groups -OCH3 is 3. The molecule has 2 heterocycles. The summed E-state index contributed by atoms with van der Waals surface area (Å²) in [5.41, 5.74) is 0.496. The summed E-state index contributed by atoms with van der Waals surface area (Å²) in [6.07, 6.45) is 1.43. The Labute approximate surface area is 134 Å². The Kier molecular flexibility index (Phi) is 3.98. The van der Waals surface area contributed by atoms with Crippen LogP contribution in [0.1, 0.15) is 9.80 Å². The second-order valence-corrected chi connectivity index (χ2v) is 5.29. The lowest BCUT2D eigenvalue weighted by Gasteiger charge is -2.14. The molecule has 0 saturated heterocycles. The van der Waals surface area contributed by atoms with Gasteiger partial charge >= 0.3 is 0 Å². The molecule has 0 fully saturated rings. The van der Waals surface area contributed by atoms with Crippen LogP contribution in [0, 0.1) is 0 Å². The molecule has 0 aliphatic rings. The van der Waals surface area contributed by atoms with Crippen molar-refractivity contribution in [2.75, 3.05) is 26.6 Å². The van der Waals surface area contributed by atoms with Crippen LogP contribution in [0.25, 0.3) is 4.96 Å². The first-order chi connectivity index (χ1) is 11.2. The van der Waals surface area contributed by atoms with Crippen LogP contribution in [-0.4, -0.2) is 47.0 Å². The third kappa shape index (κ3) is 2.75. The summed E-state index contributed by atoms with van der Waals surface area (Å²) in [6.45, 7) is 0. The molecule has 0 bridgehead atoms. The molecule has 3 aromatic rings. The van der Waals surface area contributed by atoms with Crippen LogP contribution >= 0.6 is 11.3 Å². The van der Waals surface area contributed by atoms with E-state index in [1.165, 1.54) is 32.2 Å². The minimum atomic E-state index is -0.366. The summed E-state index contributed by atoms with van der Waals surface area (Å²) in [7, 11) is 4.52. The van der Waals surface area contributed by atoms with Gasteiger partial charge in [0.15, 0.2) is 11.5 Å². The van der Waals surface area contributed by atoms with Crippen molar-refractivity contribution >= 4 is 27.9 Å². The maximum absolute atomic E-state index is 12.3. The zero-order valence-corrected chi connectivity index (χ0v) is 13.4. The average molecular weight is 335 g/mol. The minimum absolute atomic E-state index is 0.267. The van der Waals surface area contributed by atoms with Crippen LogP contribution in [0.3, 0.4) is 0 Å². The smallest absolute Gasteiger partial charge is 0.286 e. The zero-order chi connectivity index (χ0) is 16.4. The minimum Gasteiger partial charge on any atom is -0.493 e. The van der Waals surface area contributed by atoms with Gasteiger partial charge < -0.3 is 19.5 Å². The Morgan fingerprint density at radius 2 is 1.87 bits per heavy atom. The maximum atomic E-state index is 12.3. The van der Waals surface area contributed by atoms with Crippen molar-refractivity contribution < 1.29 is 19.0 Å². The lowest BCUT2D eigenvalue weighted by molar-refractivity contribution is 0.102. The molecule has 0 saturated carbocycles. The molecule has 0 aliphatic heterocycles. The van der Waals surface area contributed by atoms with Crippen molar-refractivity contribution in [3.63, 3.8) is 0 Å². The number of carbonyl (C=O) groups excluding carboxylic acids is 1. The summed E-state index contributed by atoms with van der Waals surface area (Å²) in [4.78, 5) is 12.8.